The molecule has 0 amide bonds. The van der Waals surface area contributed by atoms with E-state index >= 15 is 8.78 Å². The van der Waals surface area contributed by atoms with Crippen molar-refractivity contribution in [2.24, 2.45) is 27.7 Å². The maximum absolute atomic E-state index is 15.6. The zero-order chi connectivity index (χ0) is 30.8. The van der Waals surface area contributed by atoms with E-state index in [-0.39, 0.29) is 24.8 Å². The lowest BCUT2D eigenvalue weighted by atomic mass is 9.46. The van der Waals surface area contributed by atoms with Gasteiger partial charge in [0.15, 0.2) is 0 Å². The van der Waals surface area contributed by atoms with Crippen molar-refractivity contribution in [1.29, 1.82) is 0 Å². The maximum Gasteiger partial charge on any atom is 0.313 e. The first-order chi connectivity index (χ1) is 20.6. The maximum atomic E-state index is 15.6. The average molecular weight is 613 g/mol. The fraction of sp³-hybridized carbons (Fsp3) is 0.559. The number of carbonyl (C=O) groups is 1. The zero-order valence-corrected chi connectivity index (χ0v) is 26.3. The smallest absolute Gasteiger partial charge is 0.313 e. The predicted molar refractivity (Wildman–Crippen MR) is 168 cm³/mol. The highest BCUT2D eigenvalue weighted by atomic mass is 35.5. The van der Waals surface area contributed by atoms with E-state index < -0.39 is 41.2 Å². The standard InChI is InChI=1S/C34H43ClF2N4O2/c1-5-25(10-9-11-27-15-14-24(20-39-27)28-12-7-8-13-29(28)35)33-18-22(3)34(36,37)21-32(33,31(42)43-23(33)4)19-30-38-17-16-26(6-2)40-41-30/h7-9,11-15,20,22-23,25-26,40H,5-6,10,16-19,21H2,1-4H3,(H,38,41). The summed E-state index contributed by atoms with van der Waals surface area (Å²) in [6.07, 6.45) is 8.21. The lowest BCUT2D eigenvalue weighted by Crippen LogP contribution is -2.60. The van der Waals surface area contributed by atoms with Crippen LogP contribution in [0.2, 0.25) is 5.02 Å². The normalized spacial score (nSPS) is 31.1. The number of carbonyl (C=O) groups excluding carboxylic acids is 1. The van der Waals surface area contributed by atoms with Crippen LogP contribution in [-0.4, -0.2) is 41.4 Å². The molecule has 2 N–H and O–H groups in total. The fourth-order valence-corrected chi connectivity index (χ4v) is 8.02. The van der Waals surface area contributed by atoms with Gasteiger partial charge in [-0.25, -0.2) is 14.2 Å². The Hall–Kier alpha value is -2.84. The summed E-state index contributed by atoms with van der Waals surface area (Å²) in [7, 11) is 0. The first-order valence-corrected chi connectivity index (χ1v) is 16.0. The average Bonchev–Trinajstić information content (AvgIpc) is 3.12. The first kappa shape index (κ1) is 31.6. The second-order valence-electron chi connectivity index (χ2n) is 12.6. The van der Waals surface area contributed by atoms with Crippen LogP contribution in [-0.2, 0) is 9.53 Å². The van der Waals surface area contributed by atoms with Gasteiger partial charge in [0.25, 0.3) is 5.92 Å². The number of aromatic nitrogens is 1. The quantitative estimate of drug-likeness (QED) is 0.282. The molecule has 1 aromatic heterocycles. The van der Waals surface area contributed by atoms with Gasteiger partial charge in [-0.1, -0.05) is 69.1 Å². The van der Waals surface area contributed by atoms with Crippen LogP contribution in [0.3, 0.4) is 0 Å². The third kappa shape index (κ3) is 5.85. The summed E-state index contributed by atoms with van der Waals surface area (Å²) in [5.74, 6) is -3.88. The number of allylic oxidation sites excluding steroid dienone is 1. The molecule has 6 unspecified atom stereocenters. The van der Waals surface area contributed by atoms with Crippen LogP contribution in [0.1, 0.15) is 78.3 Å². The molecular weight excluding hydrogens is 570 g/mol. The van der Waals surface area contributed by atoms with Crippen molar-refractivity contribution >= 4 is 29.5 Å². The Balaban J connectivity index is 1.44. The minimum absolute atomic E-state index is 0.0612. The van der Waals surface area contributed by atoms with Gasteiger partial charge < -0.3 is 10.2 Å². The number of ether oxygens (including phenoxy) is 1. The van der Waals surface area contributed by atoms with Crippen molar-refractivity contribution in [3.63, 3.8) is 0 Å². The SMILES string of the molecule is CCC1CCN=C(CC23CC(F)(F)C(C)CC2(C(CC)CC=Cc2ccc(-c4ccccc4Cl)cn2)C(C)OC3=O)NN1. The molecule has 2 aromatic rings. The molecule has 6 nitrogen and oxygen atoms in total. The number of hydrazine groups is 1. The number of amidine groups is 1. The molecule has 6 atom stereocenters. The van der Waals surface area contributed by atoms with Crippen molar-refractivity contribution < 1.29 is 18.3 Å². The van der Waals surface area contributed by atoms with Crippen molar-refractivity contribution in [2.75, 3.05) is 6.54 Å². The number of hydrogen-bond acceptors (Lipinski definition) is 6. The Morgan fingerprint density at radius 3 is 2.67 bits per heavy atom. The highest BCUT2D eigenvalue weighted by molar-refractivity contribution is 6.33. The van der Waals surface area contributed by atoms with Crippen molar-refractivity contribution in [3.05, 3.63) is 59.4 Å². The lowest BCUT2D eigenvalue weighted by molar-refractivity contribution is -0.189. The Labute approximate surface area is 258 Å². The van der Waals surface area contributed by atoms with Gasteiger partial charge in [-0.15, -0.1) is 0 Å². The van der Waals surface area contributed by atoms with E-state index in [4.69, 9.17) is 21.3 Å². The van der Waals surface area contributed by atoms with Gasteiger partial charge >= 0.3 is 5.97 Å². The van der Waals surface area contributed by atoms with Gasteiger partial charge in [0.2, 0.25) is 0 Å². The Kier molecular flexibility index (Phi) is 9.29. The van der Waals surface area contributed by atoms with E-state index in [2.05, 4.69) is 35.8 Å². The molecule has 5 rings (SSSR count). The Bertz CT molecular complexity index is 1370. The van der Waals surface area contributed by atoms with Crippen LogP contribution in [0.5, 0.6) is 0 Å². The van der Waals surface area contributed by atoms with Gasteiger partial charge in [-0.2, -0.15) is 0 Å². The molecule has 3 heterocycles. The molecular formula is C34H43ClF2N4O2. The van der Waals surface area contributed by atoms with Crippen molar-refractivity contribution in [2.45, 2.75) is 90.7 Å². The molecule has 2 aliphatic heterocycles. The number of pyridine rings is 1. The van der Waals surface area contributed by atoms with Crippen LogP contribution < -0.4 is 10.9 Å². The van der Waals surface area contributed by atoms with E-state index in [9.17, 15) is 4.79 Å². The predicted octanol–water partition coefficient (Wildman–Crippen LogP) is 7.88. The van der Waals surface area contributed by atoms with Crippen LogP contribution in [0.15, 0.2) is 53.7 Å². The molecule has 2 fully saturated rings. The Morgan fingerprint density at radius 2 is 1.98 bits per heavy atom. The number of fused-ring (bicyclic) bond motifs is 1. The van der Waals surface area contributed by atoms with Gasteiger partial charge in [0.1, 0.15) is 11.9 Å². The minimum atomic E-state index is -2.99. The number of alkyl halides is 2. The van der Waals surface area contributed by atoms with Gasteiger partial charge in [0, 0.05) is 59.1 Å². The molecule has 3 aliphatic rings. The van der Waals surface area contributed by atoms with E-state index in [0.29, 0.717) is 23.8 Å². The van der Waals surface area contributed by atoms with Crippen LogP contribution in [0.4, 0.5) is 8.78 Å². The molecule has 1 saturated heterocycles. The zero-order valence-electron chi connectivity index (χ0n) is 25.5. The number of nitrogens with one attached hydrogen (secondary N) is 2. The molecule has 0 spiro atoms. The fourth-order valence-electron chi connectivity index (χ4n) is 7.77. The van der Waals surface area contributed by atoms with E-state index in [1.165, 1.54) is 0 Å². The largest absolute Gasteiger partial charge is 0.462 e. The van der Waals surface area contributed by atoms with Crippen LogP contribution in [0, 0.1) is 22.7 Å². The highest BCUT2D eigenvalue weighted by Gasteiger charge is 2.74. The topological polar surface area (TPSA) is 75.6 Å². The molecule has 1 aromatic carbocycles. The van der Waals surface area contributed by atoms with Gasteiger partial charge in [0.05, 0.1) is 11.1 Å². The number of rotatable bonds is 9. The summed E-state index contributed by atoms with van der Waals surface area (Å²) >= 11 is 6.36. The van der Waals surface area contributed by atoms with E-state index in [1.807, 2.05) is 49.4 Å². The number of esters is 1. The van der Waals surface area contributed by atoms with Crippen LogP contribution >= 0.6 is 11.6 Å². The monoisotopic (exact) mass is 612 g/mol. The minimum Gasteiger partial charge on any atom is -0.462 e. The van der Waals surface area contributed by atoms with E-state index in [1.54, 1.807) is 13.1 Å². The van der Waals surface area contributed by atoms with Crippen LogP contribution in [0.25, 0.3) is 17.2 Å². The second-order valence-corrected chi connectivity index (χ2v) is 13.0. The first-order valence-electron chi connectivity index (χ1n) is 15.6. The van der Waals surface area contributed by atoms with Crippen molar-refractivity contribution in [1.82, 2.24) is 15.8 Å². The molecule has 9 heteroatoms. The highest BCUT2D eigenvalue weighted by Crippen LogP contribution is 2.68. The van der Waals surface area contributed by atoms with E-state index in [0.717, 1.165) is 36.1 Å². The lowest BCUT2D eigenvalue weighted by Gasteiger charge is -2.55. The summed E-state index contributed by atoms with van der Waals surface area (Å²) in [5, 5.41) is 0.668. The third-order valence-electron chi connectivity index (χ3n) is 10.3. The number of benzene rings is 1. The number of aliphatic imine (C=N–C) groups is 1. The number of nitrogens with zero attached hydrogens (tertiary/aromatic N) is 2. The molecule has 0 radical (unpaired) electrons. The second kappa shape index (κ2) is 12.6. The van der Waals surface area contributed by atoms with Crippen molar-refractivity contribution in [3.8, 4) is 11.1 Å². The number of hydrogen-bond donors (Lipinski definition) is 2. The number of cyclic esters (lactones) is 1. The molecule has 232 valence electrons. The number of halogens is 3. The summed E-state index contributed by atoms with van der Waals surface area (Å²) in [4.78, 5) is 23.1. The van der Waals surface area contributed by atoms with Gasteiger partial charge in [-0.05, 0) is 56.7 Å². The summed E-state index contributed by atoms with van der Waals surface area (Å²) < 4.78 is 37.2. The summed E-state index contributed by atoms with van der Waals surface area (Å²) in [5.41, 5.74) is 6.96. The summed E-state index contributed by atoms with van der Waals surface area (Å²) in [6.45, 7) is 8.26. The summed E-state index contributed by atoms with van der Waals surface area (Å²) in [6, 6.07) is 11.8. The molecule has 43 heavy (non-hydrogen) atoms. The molecule has 1 saturated carbocycles. The molecule has 0 bridgehead atoms. The van der Waals surface area contributed by atoms with Gasteiger partial charge in [-0.3, -0.25) is 14.8 Å². The third-order valence-corrected chi connectivity index (χ3v) is 10.6. The Morgan fingerprint density at radius 1 is 1.19 bits per heavy atom. The molecule has 1 aliphatic carbocycles.